The van der Waals surface area contributed by atoms with Gasteiger partial charge >= 0.3 is 5.82 Å². The van der Waals surface area contributed by atoms with Crippen molar-refractivity contribution in [3.8, 4) is 11.5 Å². The largest absolute Gasteiger partial charge is 0.542 e. The summed E-state index contributed by atoms with van der Waals surface area (Å²) in [7, 11) is 0. The number of hydrogen-bond acceptors (Lipinski definition) is 6. The van der Waals surface area contributed by atoms with Crippen LogP contribution in [0, 0.1) is 0 Å². The first-order valence-corrected chi connectivity index (χ1v) is 5.51. The first kappa shape index (κ1) is 11.7. The summed E-state index contributed by atoms with van der Waals surface area (Å²) in [6.45, 7) is 0.284. The van der Waals surface area contributed by atoms with Crippen LogP contribution in [0.15, 0.2) is 36.4 Å². The second kappa shape index (κ2) is 5.05. The fourth-order valence-corrected chi connectivity index (χ4v) is 1.51. The molecule has 6 nitrogen and oxygen atoms in total. The molecule has 1 N–H and O–H groups in total. The molecule has 0 unspecified atom stereocenters. The summed E-state index contributed by atoms with van der Waals surface area (Å²) in [5, 5.41) is 12.7. The predicted octanol–water partition coefficient (Wildman–Crippen LogP) is 1.72. The highest BCUT2D eigenvalue weighted by Gasteiger charge is 2.04. The van der Waals surface area contributed by atoms with E-state index in [1.165, 1.54) is 6.07 Å². The lowest BCUT2D eigenvalue weighted by atomic mass is 10.3. The molecule has 0 radical (unpaired) electrons. The smallest absolute Gasteiger partial charge is 0.507 e. The number of rotatable bonds is 4. The SMILES string of the molecule is O=c1onc(CCOc2ccc(O)c(Br)c2)o1. The molecule has 0 amide bonds. The molecule has 1 aromatic heterocycles. The zero-order valence-corrected chi connectivity index (χ0v) is 10.1. The van der Waals surface area contributed by atoms with Crippen LogP contribution in [0.3, 0.4) is 0 Å². The topological polar surface area (TPSA) is 85.7 Å². The van der Waals surface area contributed by atoms with Gasteiger partial charge in [0.25, 0.3) is 0 Å². The van der Waals surface area contributed by atoms with Crippen LogP contribution in [-0.2, 0) is 6.42 Å². The zero-order chi connectivity index (χ0) is 12.3. The molecule has 17 heavy (non-hydrogen) atoms. The highest BCUT2D eigenvalue weighted by Crippen LogP contribution is 2.27. The molecule has 1 aromatic carbocycles. The number of benzene rings is 1. The van der Waals surface area contributed by atoms with E-state index < -0.39 is 5.82 Å². The van der Waals surface area contributed by atoms with E-state index in [1.807, 2.05) is 0 Å². The first-order valence-electron chi connectivity index (χ1n) is 4.72. The van der Waals surface area contributed by atoms with Crippen LogP contribution >= 0.6 is 15.9 Å². The molecule has 1 heterocycles. The number of phenols is 1. The Labute approximate surface area is 104 Å². The predicted molar refractivity (Wildman–Crippen MR) is 60.0 cm³/mol. The fourth-order valence-electron chi connectivity index (χ4n) is 1.15. The van der Waals surface area contributed by atoms with Gasteiger partial charge < -0.3 is 14.3 Å². The molecule has 0 bridgehead atoms. The Balaban J connectivity index is 1.89. The normalized spacial score (nSPS) is 10.4. The van der Waals surface area contributed by atoms with Crippen molar-refractivity contribution in [2.75, 3.05) is 6.61 Å². The van der Waals surface area contributed by atoms with Crippen LogP contribution in [0.1, 0.15) is 5.89 Å². The van der Waals surface area contributed by atoms with Crippen molar-refractivity contribution in [3.05, 3.63) is 39.2 Å². The second-order valence-corrected chi connectivity index (χ2v) is 3.99. The number of nitrogens with zero attached hydrogens (tertiary/aromatic N) is 1. The molecule has 0 spiro atoms. The minimum atomic E-state index is -0.827. The van der Waals surface area contributed by atoms with Gasteiger partial charge in [-0.15, -0.1) is 0 Å². The van der Waals surface area contributed by atoms with Crippen LogP contribution in [-0.4, -0.2) is 16.9 Å². The number of aromatic hydroxyl groups is 1. The average molecular weight is 302 g/mol. The van der Waals surface area contributed by atoms with E-state index in [2.05, 4.69) is 30.0 Å². The highest BCUT2D eigenvalue weighted by atomic mass is 79.9. The molecule has 2 aromatic rings. The van der Waals surface area contributed by atoms with E-state index in [1.54, 1.807) is 12.1 Å². The minimum absolute atomic E-state index is 0.139. The molecule has 7 heteroatoms. The van der Waals surface area contributed by atoms with E-state index in [0.29, 0.717) is 16.6 Å². The Morgan fingerprint density at radius 2 is 2.29 bits per heavy atom. The van der Waals surface area contributed by atoms with Gasteiger partial charge in [-0.05, 0) is 39.3 Å². The highest BCUT2D eigenvalue weighted by molar-refractivity contribution is 9.10. The maximum atomic E-state index is 10.5. The van der Waals surface area contributed by atoms with Gasteiger partial charge in [-0.25, -0.2) is 4.79 Å². The summed E-state index contributed by atoms with van der Waals surface area (Å²) < 4.78 is 14.8. The van der Waals surface area contributed by atoms with E-state index in [0.717, 1.165) is 0 Å². The number of halogens is 1. The Hall–Kier alpha value is -1.76. The molecule has 2 rings (SSSR count). The number of ether oxygens (including phenoxy) is 1. The third kappa shape index (κ3) is 3.10. The lowest BCUT2D eigenvalue weighted by Gasteiger charge is -2.05. The van der Waals surface area contributed by atoms with Crippen molar-refractivity contribution >= 4 is 15.9 Å². The number of aromatic nitrogens is 1. The van der Waals surface area contributed by atoms with Crippen molar-refractivity contribution in [2.24, 2.45) is 0 Å². The van der Waals surface area contributed by atoms with Gasteiger partial charge in [0.05, 0.1) is 17.5 Å². The van der Waals surface area contributed by atoms with Crippen molar-refractivity contribution in [1.82, 2.24) is 5.16 Å². The standard InChI is InChI=1S/C10H8BrNO5/c11-7-5-6(1-2-8(7)13)15-4-3-9-12-17-10(14)16-9/h1-2,5,13H,3-4H2. The van der Waals surface area contributed by atoms with Crippen molar-refractivity contribution in [3.63, 3.8) is 0 Å². The summed E-state index contributed by atoms with van der Waals surface area (Å²) in [4.78, 5) is 10.5. The molecule has 0 fully saturated rings. The Bertz CT molecular complexity index is 562. The third-order valence-corrected chi connectivity index (χ3v) is 2.56. The van der Waals surface area contributed by atoms with Crippen LogP contribution < -0.4 is 10.6 Å². The summed E-state index contributed by atoms with van der Waals surface area (Å²) in [5.74, 6) is 0.0839. The summed E-state index contributed by atoms with van der Waals surface area (Å²) in [5.41, 5.74) is 0. The second-order valence-electron chi connectivity index (χ2n) is 3.14. The monoisotopic (exact) mass is 301 g/mol. The van der Waals surface area contributed by atoms with E-state index in [-0.39, 0.29) is 18.2 Å². The van der Waals surface area contributed by atoms with E-state index in [4.69, 9.17) is 4.74 Å². The van der Waals surface area contributed by atoms with Gasteiger partial charge in [-0.3, -0.25) is 4.52 Å². The summed E-state index contributed by atoms with van der Waals surface area (Å²) in [6.07, 6.45) is 0.324. The lowest BCUT2D eigenvalue weighted by molar-refractivity contribution is 0.303. The molecule has 0 saturated carbocycles. The van der Waals surface area contributed by atoms with Gasteiger partial charge in [-0.2, -0.15) is 0 Å². The van der Waals surface area contributed by atoms with Crippen molar-refractivity contribution in [1.29, 1.82) is 0 Å². The van der Waals surface area contributed by atoms with Gasteiger partial charge in [0.2, 0.25) is 5.89 Å². The summed E-state index contributed by atoms with van der Waals surface area (Å²) in [6, 6.07) is 4.77. The number of hydrogen-bond donors (Lipinski definition) is 1. The van der Waals surface area contributed by atoms with Crippen molar-refractivity contribution in [2.45, 2.75) is 6.42 Å². The van der Waals surface area contributed by atoms with Crippen LogP contribution in [0.4, 0.5) is 0 Å². The van der Waals surface area contributed by atoms with Crippen LogP contribution in [0.2, 0.25) is 0 Å². The van der Waals surface area contributed by atoms with E-state index in [9.17, 15) is 9.90 Å². The molecule has 0 saturated heterocycles. The van der Waals surface area contributed by atoms with Gasteiger partial charge in [0.15, 0.2) is 0 Å². The summed E-state index contributed by atoms with van der Waals surface area (Å²) >= 11 is 3.17. The molecule has 0 aliphatic carbocycles. The Kier molecular flexibility index (Phi) is 3.48. The van der Waals surface area contributed by atoms with Gasteiger partial charge in [-0.1, -0.05) is 0 Å². The molecule has 0 aliphatic rings. The molecular weight excluding hydrogens is 294 g/mol. The Morgan fingerprint density at radius 3 is 2.94 bits per heavy atom. The molecule has 0 atom stereocenters. The quantitative estimate of drug-likeness (QED) is 0.925. The van der Waals surface area contributed by atoms with Crippen LogP contribution in [0.25, 0.3) is 0 Å². The maximum absolute atomic E-state index is 10.5. The zero-order valence-electron chi connectivity index (χ0n) is 8.55. The molecule has 90 valence electrons. The van der Waals surface area contributed by atoms with Crippen molar-refractivity contribution < 1.29 is 18.8 Å². The molecular formula is C10H8BrNO5. The fraction of sp³-hybridized carbons (Fsp3) is 0.200. The maximum Gasteiger partial charge on any atom is 0.542 e. The average Bonchev–Trinajstić information content (AvgIpc) is 2.70. The third-order valence-electron chi connectivity index (χ3n) is 1.93. The first-order chi connectivity index (χ1) is 8.15. The van der Waals surface area contributed by atoms with Crippen LogP contribution in [0.5, 0.6) is 11.5 Å². The lowest BCUT2D eigenvalue weighted by Crippen LogP contribution is -2.01. The number of phenolic OH excluding ortho intramolecular Hbond substituents is 1. The Morgan fingerprint density at radius 1 is 1.47 bits per heavy atom. The van der Waals surface area contributed by atoms with Gasteiger partial charge in [0.1, 0.15) is 11.5 Å². The minimum Gasteiger partial charge on any atom is -0.507 e. The van der Waals surface area contributed by atoms with E-state index >= 15 is 0 Å². The van der Waals surface area contributed by atoms with Gasteiger partial charge in [0, 0.05) is 0 Å². The molecule has 0 aliphatic heterocycles.